The van der Waals surface area contributed by atoms with Crippen molar-refractivity contribution in [2.75, 3.05) is 5.32 Å². The number of fused-ring (bicyclic) bond motifs is 1. The molecule has 0 radical (unpaired) electrons. The van der Waals surface area contributed by atoms with Crippen LogP contribution in [0.1, 0.15) is 24.2 Å². The van der Waals surface area contributed by atoms with Gasteiger partial charge in [-0.15, -0.1) is 5.10 Å². The molecule has 0 amide bonds. The fourth-order valence-corrected chi connectivity index (χ4v) is 3.70. The van der Waals surface area contributed by atoms with Crippen LogP contribution in [0.2, 0.25) is 0 Å². The van der Waals surface area contributed by atoms with Gasteiger partial charge in [0.25, 0.3) is 0 Å². The molecule has 2 aromatic carbocycles. The highest BCUT2D eigenvalue weighted by molar-refractivity contribution is 5.55. The number of imidazole rings is 1. The van der Waals surface area contributed by atoms with Gasteiger partial charge in [-0.25, -0.2) is 9.67 Å². The summed E-state index contributed by atoms with van der Waals surface area (Å²) in [7, 11) is 0. The average molecular weight is 372 g/mol. The fourth-order valence-electron chi connectivity index (χ4n) is 3.70. The second-order valence-electron chi connectivity index (χ2n) is 6.95. The van der Waals surface area contributed by atoms with Crippen molar-refractivity contribution in [2.24, 2.45) is 0 Å². The smallest absolute Gasteiger partial charge is 0.246 e. The molecule has 1 aliphatic heterocycles. The molecule has 0 bridgehead atoms. The molecule has 0 fully saturated rings. The summed E-state index contributed by atoms with van der Waals surface area (Å²) in [5.74, 6) is 1.07. The van der Waals surface area contributed by atoms with Crippen molar-refractivity contribution >= 4 is 11.6 Å². The number of hydrogen-bond donors (Lipinski definition) is 2. The molecule has 7 nitrogen and oxygen atoms in total. The normalized spacial score (nSPS) is 18.6. The third kappa shape index (κ3) is 2.86. The maximum atomic E-state index is 11.4. The molecular weight excluding hydrogens is 352 g/mol. The van der Waals surface area contributed by atoms with Crippen LogP contribution in [0.5, 0.6) is 0 Å². The Bertz CT molecular complexity index is 1070. The topological polar surface area (TPSA) is 80.8 Å². The second-order valence-corrected chi connectivity index (χ2v) is 6.95. The van der Waals surface area contributed by atoms with Crippen molar-refractivity contribution in [2.45, 2.75) is 25.0 Å². The molecule has 28 heavy (non-hydrogen) atoms. The zero-order chi connectivity index (χ0) is 19.0. The van der Waals surface area contributed by atoms with Gasteiger partial charge in [-0.05, 0) is 42.7 Å². The van der Waals surface area contributed by atoms with E-state index in [4.69, 9.17) is 0 Å². The molecule has 1 aliphatic rings. The van der Waals surface area contributed by atoms with E-state index in [9.17, 15) is 5.11 Å². The third-order valence-electron chi connectivity index (χ3n) is 5.13. The van der Waals surface area contributed by atoms with Gasteiger partial charge in [0, 0.05) is 30.3 Å². The lowest BCUT2D eigenvalue weighted by atomic mass is 9.86. The highest BCUT2D eigenvalue weighted by Crippen LogP contribution is 2.37. The molecule has 1 unspecified atom stereocenters. The van der Waals surface area contributed by atoms with Gasteiger partial charge in [0.1, 0.15) is 5.60 Å². The fraction of sp³-hybridized carbons (Fsp3) is 0.190. The van der Waals surface area contributed by atoms with Crippen LogP contribution in [0, 0.1) is 0 Å². The van der Waals surface area contributed by atoms with Gasteiger partial charge in [0.2, 0.25) is 5.95 Å². The van der Waals surface area contributed by atoms with Gasteiger partial charge in [-0.1, -0.05) is 30.3 Å². The van der Waals surface area contributed by atoms with Gasteiger partial charge in [0.05, 0.1) is 6.33 Å². The Morgan fingerprint density at radius 3 is 2.61 bits per heavy atom. The number of anilines is 2. The van der Waals surface area contributed by atoms with Crippen molar-refractivity contribution in [1.82, 2.24) is 24.3 Å². The van der Waals surface area contributed by atoms with Crippen LogP contribution in [0.15, 0.2) is 73.3 Å². The highest BCUT2D eigenvalue weighted by Gasteiger charge is 2.39. The third-order valence-corrected chi connectivity index (χ3v) is 5.13. The SMILES string of the molecule is OC1(c2ccccc2)CCCn2nc(Nc3ccc(-n4ccnc4)cc3)nc21. The quantitative estimate of drug-likeness (QED) is 0.575. The van der Waals surface area contributed by atoms with Gasteiger partial charge in [-0.2, -0.15) is 4.98 Å². The minimum Gasteiger partial charge on any atom is -0.377 e. The number of aliphatic hydroxyl groups is 1. The first-order valence-corrected chi connectivity index (χ1v) is 9.31. The molecule has 0 saturated carbocycles. The predicted molar refractivity (Wildman–Crippen MR) is 106 cm³/mol. The van der Waals surface area contributed by atoms with Crippen LogP contribution in [0.25, 0.3) is 5.69 Å². The molecule has 4 aromatic rings. The minimum absolute atomic E-state index is 0.488. The predicted octanol–water partition coefficient (Wildman–Crippen LogP) is 3.24. The van der Waals surface area contributed by atoms with Crippen molar-refractivity contribution < 1.29 is 5.11 Å². The van der Waals surface area contributed by atoms with Crippen LogP contribution in [-0.2, 0) is 12.1 Å². The molecule has 0 spiro atoms. The number of nitrogens with one attached hydrogen (secondary N) is 1. The molecule has 2 N–H and O–H groups in total. The summed E-state index contributed by atoms with van der Waals surface area (Å²) in [6.07, 6.45) is 6.89. The van der Waals surface area contributed by atoms with E-state index in [-0.39, 0.29) is 0 Å². The average Bonchev–Trinajstić information content (AvgIpc) is 3.40. The number of hydrogen-bond acceptors (Lipinski definition) is 5. The molecule has 5 rings (SSSR count). The standard InChI is InChI=1S/C21H20N6O/c28-21(16-5-2-1-3-6-16)11-4-13-27-19(21)24-20(25-27)23-17-7-9-18(10-8-17)26-14-12-22-15-26/h1-3,5-10,12,14-15,28H,4,11,13H2,(H,23,25). The molecule has 140 valence electrons. The Balaban J connectivity index is 1.42. The molecule has 0 saturated heterocycles. The van der Waals surface area contributed by atoms with Gasteiger partial charge < -0.3 is 15.0 Å². The Morgan fingerprint density at radius 1 is 1.04 bits per heavy atom. The van der Waals surface area contributed by atoms with E-state index >= 15 is 0 Å². The number of nitrogens with zero attached hydrogens (tertiary/aromatic N) is 5. The number of benzene rings is 2. The first-order chi connectivity index (χ1) is 13.7. The number of rotatable bonds is 4. The van der Waals surface area contributed by atoms with Crippen LogP contribution in [-0.4, -0.2) is 29.4 Å². The Morgan fingerprint density at radius 2 is 1.86 bits per heavy atom. The second kappa shape index (κ2) is 6.61. The van der Waals surface area contributed by atoms with Gasteiger partial charge >= 0.3 is 0 Å². The largest absolute Gasteiger partial charge is 0.377 e. The lowest BCUT2D eigenvalue weighted by Crippen LogP contribution is -2.35. The number of aromatic nitrogens is 5. The minimum atomic E-state index is -1.11. The van der Waals surface area contributed by atoms with Crippen molar-refractivity contribution in [3.63, 3.8) is 0 Å². The van der Waals surface area contributed by atoms with Crippen LogP contribution >= 0.6 is 0 Å². The van der Waals surface area contributed by atoms with E-state index in [1.165, 1.54) is 0 Å². The van der Waals surface area contributed by atoms with Crippen molar-refractivity contribution in [3.05, 3.63) is 84.7 Å². The highest BCUT2D eigenvalue weighted by atomic mass is 16.3. The molecule has 1 atom stereocenters. The van der Waals surface area contributed by atoms with Gasteiger partial charge in [0.15, 0.2) is 5.82 Å². The van der Waals surface area contributed by atoms with E-state index in [0.29, 0.717) is 18.2 Å². The summed E-state index contributed by atoms with van der Waals surface area (Å²) in [4.78, 5) is 8.69. The molecule has 0 aliphatic carbocycles. The summed E-state index contributed by atoms with van der Waals surface area (Å²) in [6, 6.07) is 17.6. The monoisotopic (exact) mass is 372 g/mol. The van der Waals surface area contributed by atoms with Crippen LogP contribution in [0.4, 0.5) is 11.6 Å². The molecular formula is C21H20N6O. The van der Waals surface area contributed by atoms with Crippen molar-refractivity contribution in [1.29, 1.82) is 0 Å². The molecule has 2 aromatic heterocycles. The molecule has 3 heterocycles. The summed E-state index contributed by atoms with van der Waals surface area (Å²) in [5.41, 5.74) is 1.64. The molecule has 7 heteroatoms. The Kier molecular flexibility index (Phi) is 3.95. The first kappa shape index (κ1) is 16.7. The van der Waals surface area contributed by atoms with E-state index in [1.54, 1.807) is 17.2 Å². The van der Waals surface area contributed by atoms with Crippen molar-refractivity contribution in [3.8, 4) is 5.69 Å². The Hall–Kier alpha value is -3.45. The number of aryl methyl sites for hydroxylation is 1. The Labute approximate surface area is 162 Å². The van der Waals surface area contributed by atoms with Crippen LogP contribution < -0.4 is 5.32 Å². The lowest BCUT2D eigenvalue weighted by Gasteiger charge is -2.31. The zero-order valence-corrected chi connectivity index (χ0v) is 15.2. The lowest BCUT2D eigenvalue weighted by molar-refractivity contribution is 0.0395. The van der Waals surface area contributed by atoms with E-state index < -0.39 is 5.60 Å². The maximum absolute atomic E-state index is 11.4. The first-order valence-electron chi connectivity index (χ1n) is 9.31. The van der Waals surface area contributed by atoms with E-state index in [1.807, 2.05) is 65.4 Å². The zero-order valence-electron chi connectivity index (χ0n) is 15.2. The maximum Gasteiger partial charge on any atom is 0.246 e. The summed E-state index contributed by atoms with van der Waals surface area (Å²) in [6.45, 7) is 0.749. The van der Waals surface area contributed by atoms with E-state index in [2.05, 4.69) is 20.4 Å². The van der Waals surface area contributed by atoms with E-state index in [0.717, 1.165) is 29.9 Å². The summed E-state index contributed by atoms with van der Waals surface area (Å²) < 4.78 is 3.75. The van der Waals surface area contributed by atoms with Crippen LogP contribution in [0.3, 0.4) is 0 Å². The van der Waals surface area contributed by atoms with Gasteiger partial charge in [-0.3, -0.25) is 0 Å². The summed E-state index contributed by atoms with van der Waals surface area (Å²) >= 11 is 0. The summed E-state index contributed by atoms with van der Waals surface area (Å²) in [5, 5.41) is 19.2.